The first-order valence-corrected chi connectivity index (χ1v) is 8.88. The van der Waals surface area contributed by atoms with Crippen molar-refractivity contribution >= 4 is 32.2 Å². The molecule has 0 amide bonds. The lowest BCUT2D eigenvalue weighted by Gasteiger charge is -2.10. The zero-order valence-corrected chi connectivity index (χ0v) is 12.9. The van der Waals surface area contributed by atoms with Gasteiger partial charge in [-0.25, -0.2) is 13.1 Å². The highest BCUT2D eigenvalue weighted by Crippen LogP contribution is 2.25. The van der Waals surface area contributed by atoms with E-state index in [0.29, 0.717) is 5.75 Å². The fraction of sp³-hybridized carbons (Fsp3) is 0.400. The second-order valence-electron chi connectivity index (χ2n) is 3.91. The highest BCUT2D eigenvalue weighted by Gasteiger charge is 2.21. The summed E-state index contributed by atoms with van der Waals surface area (Å²) in [6, 6.07) is 3.26. The van der Waals surface area contributed by atoms with Gasteiger partial charge in [-0.15, -0.1) is 0 Å². The highest BCUT2D eigenvalue weighted by molar-refractivity contribution is 7.89. The number of benzene rings is 1. The zero-order chi connectivity index (χ0) is 16.0. The van der Waals surface area contributed by atoms with Crippen LogP contribution in [0.1, 0.15) is 6.92 Å². The first kappa shape index (κ1) is 17.5. The minimum absolute atomic E-state index is 0.0321. The van der Waals surface area contributed by atoms with E-state index in [1.807, 2.05) is 0 Å². The van der Waals surface area contributed by atoms with Gasteiger partial charge in [-0.1, -0.05) is 6.92 Å². The maximum atomic E-state index is 12.1. The highest BCUT2D eigenvalue weighted by atomic mass is 32.2. The Labute approximate surface area is 124 Å². The van der Waals surface area contributed by atoms with Crippen molar-refractivity contribution in [2.24, 2.45) is 5.84 Å². The number of rotatable bonds is 8. The summed E-state index contributed by atoms with van der Waals surface area (Å²) in [6.45, 7) is 1.69. The maximum Gasteiger partial charge on any atom is 0.270 e. The van der Waals surface area contributed by atoms with Crippen molar-refractivity contribution in [2.45, 2.75) is 11.8 Å². The molecule has 0 radical (unpaired) electrons. The first-order chi connectivity index (χ1) is 9.81. The third-order valence-electron chi connectivity index (χ3n) is 2.56. The normalized spacial score (nSPS) is 12.9. The number of hydrazine groups is 1. The van der Waals surface area contributed by atoms with Gasteiger partial charge in [-0.3, -0.25) is 20.2 Å². The maximum absolute atomic E-state index is 12.1. The van der Waals surface area contributed by atoms with Gasteiger partial charge < -0.3 is 5.43 Å². The molecular formula is C10H16N4O5S2. The van der Waals surface area contributed by atoms with E-state index in [4.69, 9.17) is 5.84 Å². The Morgan fingerprint density at radius 3 is 2.62 bits per heavy atom. The van der Waals surface area contributed by atoms with Gasteiger partial charge in [0.25, 0.3) is 5.69 Å². The standard InChI is InChI=1S/C10H16N4O5S2/c1-2-20(17)6-5-12-21(18,19)10-7-8(14(15)16)3-4-9(10)13-11/h3-4,7,12-13H,2,5-6,11H2,1H3. The number of hydrogen-bond acceptors (Lipinski definition) is 7. The molecule has 0 bridgehead atoms. The monoisotopic (exact) mass is 336 g/mol. The molecule has 1 aromatic carbocycles. The van der Waals surface area contributed by atoms with Crippen LogP contribution in [-0.2, 0) is 20.8 Å². The van der Waals surface area contributed by atoms with Crippen molar-refractivity contribution in [3.8, 4) is 0 Å². The van der Waals surface area contributed by atoms with E-state index in [0.717, 1.165) is 12.1 Å². The molecule has 118 valence electrons. The Bertz CT molecular complexity index is 647. The molecule has 0 fully saturated rings. The Kier molecular flexibility index (Phi) is 6.20. The third-order valence-corrected chi connectivity index (χ3v) is 5.37. The number of hydrogen-bond donors (Lipinski definition) is 3. The van der Waals surface area contributed by atoms with E-state index >= 15 is 0 Å². The van der Waals surface area contributed by atoms with Gasteiger partial charge in [-0.05, 0) is 6.07 Å². The van der Waals surface area contributed by atoms with E-state index in [9.17, 15) is 22.7 Å². The molecule has 0 heterocycles. The molecule has 0 aliphatic carbocycles. The first-order valence-electron chi connectivity index (χ1n) is 5.91. The molecule has 0 saturated heterocycles. The lowest BCUT2D eigenvalue weighted by atomic mass is 10.3. The smallest absolute Gasteiger partial charge is 0.270 e. The number of nitrogens with one attached hydrogen (secondary N) is 2. The predicted molar refractivity (Wildman–Crippen MR) is 79.6 cm³/mol. The lowest BCUT2D eigenvalue weighted by molar-refractivity contribution is -0.385. The summed E-state index contributed by atoms with van der Waals surface area (Å²) in [6.07, 6.45) is 0. The van der Waals surface area contributed by atoms with Gasteiger partial charge >= 0.3 is 0 Å². The Morgan fingerprint density at radius 1 is 1.43 bits per heavy atom. The molecular weight excluding hydrogens is 320 g/mol. The van der Waals surface area contributed by atoms with Gasteiger partial charge in [0.1, 0.15) is 4.90 Å². The number of nitrogens with zero attached hydrogens (tertiary/aromatic N) is 1. The summed E-state index contributed by atoms with van der Waals surface area (Å²) in [5, 5.41) is 10.7. The molecule has 1 unspecified atom stereocenters. The van der Waals surface area contributed by atoms with Gasteiger partial charge in [-0.2, -0.15) is 0 Å². The van der Waals surface area contributed by atoms with Crippen LogP contribution in [0, 0.1) is 10.1 Å². The molecule has 1 atom stereocenters. The van der Waals surface area contributed by atoms with Crippen LogP contribution in [0.25, 0.3) is 0 Å². The molecule has 0 aliphatic heterocycles. The molecule has 4 N–H and O–H groups in total. The zero-order valence-electron chi connectivity index (χ0n) is 11.2. The van der Waals surface area contributed by atoms with Crippen LogP contribution in [-0.4, -0.2) is 35.6 Å². The van der Waals surface area contributed by atoms with E-state index in [2.05, 4.69) is 10.1 Å². The quantitative estimate of drug-likeness (QED) is 0.342. The molecule has 1 rings (SSSR count). The van der Waals surface area contributed by atoms with Crippen LogP contribution in [0.5, 0.6) is 0 Å². The van der Waals surface area contributed by atoms with Crippen molar-refractivity contribution in [3.63, 3.8) is 0 Å². The summed E-state index contributed by atoms with van der Waals surface area (Å²) in [7, 11) is -5.11. The number of non-ortho nitro benzene ring substituents is 1. The van der Waals surface area contributed by atoms with Crippen molar-refractivity contribution in [1.29, 1.82) is 0 Å². The third kappa shape index (κ3) is 4.74. The van der Waals surface area contributed by atoms with Gasteiger partial charge in [0.05, 0.1) is 10.6 Å². The van der Waals surface area contributed by atoms with Gasteiger partial charge in [0.2, 0.25) is 10.0 Å². The SMILES string of the molecule is CCS(=O)CCNS(=O)(=O)c1cc([N+](=O)[O-])ccc1NN. The fourth-order valence-corrected chi connectivity index (χ4v) is 3.44. The van der Waals surface area contributed by atoms with Gasteiger partial charge in [0, 0.05) is 41.0 Å². The Hall–Kier alpha value is -1.56. The molecule has 1 aromatic rings. The summed E-state index contributed by atoms with van der Waals surface area (Å²) >= 11 is 0. The second kappa shape index (κ2) is 7.45. The molecule has 11 heteroatoms. The van der Waals surface area contributed by atoms with Crippen LogP contribution < -0.4 is 16.0 Å². The average molecular weight is 336 g/mol. The number of nitrogen functional groups attached to an aromatic ring is 1. The minimum atomic E-state index is -3.99. The van der Waals surface area contributed by atoms with E-state index in [-0.39, 0.29) is 28.6 Å². The number of nitro benzene ring substituents is 1. The fourth-order valence-electron chi connectivity index (χ4n) is 1.48. The van der Waals surface area contributed by atoms with Crippen molar-refractivity contribution in [3.05, 3.63) is 28.3 Å². The minimum Gasteiger partial charge on any atom is -0.323 e. The van der Waals surface area contributed by atoms with Crippen LogP contribution >= 0.6 is 0 Å². The van der Waals surface area contributed by atoms with Crippen LogP contribution in [0.15, 0.2) is 23.1 Å². The number of sulfonamides is 1. The van der Waals surface area contributed by atoms with Crippen LogP contribution in [0.2, 0.25) is 0 Å². The van der Waals surface area contributed by atoms with Crippen molar-refractivity contribution < 1.29 is 17.6 Å². The second-order valence-corrected chi connectivity index (χ2v) is 7.51. The number of nitro groups is 1. The van der Waals surface area contributed by atoms with Crippen molar-refractivity contribution in [1.82, 2.24) is 4.72 Å². The Morgan fingerprint density at radius 2 is 2.10 bits per heavy atom. The number of nitrogens with two attached hydrogens (primary N) is 1. The summed E-state index contributed by atoms with van der Waals surface area (Å²) < 4.78 is 37.8. The van der Waals surface area contributed by atoms with E-state index in [1.165, 1.54) is 6.07 Å². The van der Waals surface area contributed by atoms with E-state index < -0.39 is 25.7 Å². The van der Waals surface area contributed by atoms with Gasteiger partial charge in [0.15, 0.2) is 0 Å². The van der Waals surface area contributed by atoms with Crippen molar-refractivity contribution in [2.75, 3.05) is 23.5 Å². The molecule has 21 heavy (non-hydrogen) atoms. The average Bonchev–Trinajstić information content (AvgIpc) is 2.45. The summed E-state index contributed by atoms with van der Waals surface area (Å²) in [5.41, 5.74) is 1.84. The molecule has 0 aliphatic rings. The van der Waals surface area contributed by atoms with E-state index in [1.54, 1.807) is 6.92 Å². The number of anilines is 1. The Balaban J connectivity index is 3.03. The molecule has 0 aromatic heterocycles. The molecule has 0 saturated carbocycles. The molecule has 9 nitrogen and oxygen atoms in total. The topological polar surface area (TPSA) is 144 Å². The summed E-state index contributed by atoms with van der Waals surface area (Å²) in [5.74, 6) is 5.80. The largest absolute Gasteiger partial charge is 0.323 e. The van der Waals surface area contributed by atoms with Crippen LogP contribution in [0.4, 0.5) is 11.4 Å². The molecule has 0 spiro atoms. The summed E-state index contributed by atoms with van der Waals surface area (Å²) in [4.78, 5) is 9.69. The predicted octanol–water partition coefficient (Wildman–Crippen LogP) is -0.0727. The van der Waals surface area contributed by atoms with Crippen LogP contribution in [0.3, 0.4) is 0 Å². The lowest BCUT2D eigenvalue weighted by Crippen LogP contribution is -2.29.